The number of rotatable bonds is 10. The zero-order valence-corrected chi connectivity index (χ0v) is 34.3. The molecule has 0 aliphatic heterocycles. The summed E-state index contributed by atoms with van der Waals surface area (Å²) in [5, 5.41) is 7.69. The number of para-hydroxylation sites is 3. The van der Waals surface area contributed by atoms with Crippen LogP contribution in [0.2, 0.25) is 0 Å². The predicted octanol–water partition coefficient (Wildman–Crippen LogP) is 15.1. The Kier molecular flexibility index (Phi) is 11.0. The Hall–Kier alpha value is -6.84. The molecule has 0 radical (unpaired) electrons. The predicted molar refractivity (Wildman–Crippen MR) is 255 cm³/mol. The maximum Gasteiger partial charge on any atom is 0.0491 e. The molecule has 3 nitrogen and oxygen atoms in total. The molecule has 3 heterocycles. The van der Waals surface area contributed by atoms with Crippen molar-refractivity contribution in [2.75, 3.05) is 0 Å². The first kappa shape index (κ1) is 38.1. The molecule has 3 heteroatoms. The Labute approximate surface area is 342 Å². The van der Waals surface area contributed by atoms with E-state index in [9.17, 15) is 0 Å². The summed E-state index contributed by atoms with van der Waals surface area (Å²) in [4.78, 5) is 0. The van der Waals surface area contributed by atoms with Crippen molar-refractivity contribution in [1.82, 2.24) is 13.7 Å². The second-order valence-corrected chi connectivity index (χ2v) is 14.5. The largest absolute Gasteiger partial charge is 0.344 e. The molecular weight excluding hydrogens is 703 g/mol. The van der Waals surface area contributed by atoms with E-state index >= 15 is 0 Å². The van der Waals surface area contributed by atoms with Gasteiger partial charge in [-0.3, -0.25) is 0 Å². The van der Waals surface area contributed by atoms with Gasteiger partial charge in [0.1, 0.15) is 0 Å². The summed E-state index contributed by atoms with van der Waals surface area (Å²) in [7, 11) is 2.14. The molecule has 9 rings (SSSR count). The van der Waals surface area contributed by atoms with Gasteiger partial charge in [0.15, 0.2) is 0 Å². The van der Waals surface area contributed by atoms with Crippen LogP contribution in [-0.2, 0) is 20.1 Å². The zero-order valence-electron chi connectivity index (χ0n) is 34.3. The van der Waals surface area contributed by atoms with E-state index in [1.807, 2.05) is 13.8 Å². The molecule has 0 N–H and O–H groups in total. The summed E-state index contributed by atoms with van der Waals surface area (Å²) in [6.07, 6.45) is 19.4. The van der Waals surface area contributed by atoms with Crippen LogP contribution in [0.4, 0.5) is 0 Å². The van der Waals surface area contributed by atoms with Crippen LogP contribution in [-0.4, -0.2) is 13.7 Å². The number of benzene rings is 6. The summed E-state index contributed by atoms with van der Waals surface area (Å²) in [5.41, 5.74) is 13.1. The van der Waals surface area contributed by atoms with Crippen LogP contribution in [0.25, 0.3) is 83.6 Å². The minimum atomic E-state index is 0.926. The van der Waals surface area contributed by atoms with Crippen molar-refractivity contribution in [1.29, 1.82) is 0 Å². The summed E-state index contributed by atoms with van der Waals surface area (Å²) >= 11 is 0. The van der Waals surface area contributed by atoms with Crippen molar-refractivity contribution < 1.29 is 0 Å². The molecule has 6 aromatic carbocycles. The third-order valence-electron chi connectivity index (χ3n) is 11.2. The molecule has 0 fully saturated rings. The highest BCUT2D eigenvalue weighted by Gasteiger charge is 2.11. The smallest absolute Gasteiger partial charge is 0.0491 e. The second kappa shape index (κ2) is 16.7. The lowest BCUT2D eigenvalue weighted by atomic mass is 10.1. The number of allylic oxidation sites excluding steroid dienone is 8. The number of aryl methyl sites for hydroxylation is 3. The molecule has 0 saturated carbocycles. The fourth-order valence-electron chi connectivity index (χ4n) is 8.46. The van der Waals surface area contributed by atoms with E-state index in [4.69, 9.17) is 0 Å². The van der Waals surface area contributed by atoms with Crippen molar-refractivity contribution in [3.63, 3.8) is 0 Å². The van der Waals surface area contributed by atoms with Gasteiger partial charge >= 0.3 is 0 Å². The van der Waals surface area contributed by atoms with Crippen molar-refractivity contribution in [3.05, 3.63) is 198 Å². The van der Waals surface area contributed by atoms with Crippen LogP contribution in [0.15, 0.2) is 182 Å². The number of hydrogen-bond donors (Lipinski definition) is 0. The molecule has 0 aliphatic rings. The fourth-order valence-corrected chi connectivity index (χ4v) is 8.46. The lowest BCUT2D eigenvalue weighted by Crippen LogP contribution is -1.92. The van der Waals surface area contributed by atoms with E-state index in [0.717, 1.165) is 35.4 Å². The van der Waals surface area contributed by atoms with Gasteiger partial charge in [0.2, 0.25) is 0 Å². The standard InChI is InChI=1S/C53H45N3.C2H6/c1-5-55-50-21-13-10-18-43(50)46-34-39(28-31-52(46)55)16-8-7-15-38(25-26-41-29-32-53-47(36-41)44-19-11-14-22-51(44)56(53)6-2)33-37(3)23-24-40-27-30-49-45(35-40)42-17-9-12-20-48(42)54(49)4;1-2/h7-36H,3,5-6H2,1-2,4H3;1-2H3/b15-7+,16-8+,24-23+,26-25+,38-33+;. The lowest BCUT2D eigenvalue weighted by Gasteiger charge is -2.03. The molecule has 0 bridgehead atoms. The summed E-state index contributed by atoms with van der Waals surface area (Å²) < 4.78 is 7.05. The Morgan fingerprint density at radius 2 is 0.879 bits per heavy atom. The highest BCUT2D eigenvalue weighted by atomic mass is 15.0. The van der Waals surface area contributed by atoms with Crippen LogP contribution in [0, 0.1) is 0 Å². The molecule has 286 valence electrons. The van der Waals surface area contributed by atoms with E-state index in [1.54, 1.807) is 0 Å². The van der Waals surface area contributed by atoms with Crippen molar-refractivity contribution >= 4 is 83.6 Å². The van der Waals surface area contributed by atoms with Gasteiger partial charge in [-0.15, -0.1) is 0 Å². The number of nitrogens with zero attached hydrogens (tertiary/aromatic N) is 3. The van der Waals surface area contributed by atoms with Gasteiger partial charge in [0, 0.05) is 85.6 Å². The first-order valence-corrected chi connectivity index (χ1v) is 20.6. The Morgan fingerprint density at radius 3 is 1.43 bits per heavy atom. The Morgan fingerprint density at radius 1 is 0.466 bits per heavy atom. The van der Waals surface area contributed by atoms with Crippen LogP contribution in [0.1, 0.15) is 44.4 Å². The average Bonchev–Trinajstić information content (AvgIpc) is 3.88. The van der Waals surface area contributed by atoms with Crippen molar-refractivity contribution in [3.8, 4) is 0 Å². The van der Waals surface area contributed by atoms with Gasteiger partial charge in [-0.05, 0) is 102 Å². The molecular formula is C55H51N3. The van der Waals surface area contributed by atoms with Crippen LogP contribution in [0.5, 0.6) is 0 Å². The quantitative estimate of drug-likeness (QED) is 0.124. The maximum absolute atomic E-state index is 4.45. The van der Waals surface area contributed by atoms with Crippen LogP contribution >= 0.6 is 0 Å². The Bertz CT molecular complexity index is 3130. The molecule has 9 aromatic rings. The molecule has 58 heavy (non-hydrogen) atoms. The SMILES string of the molecule is C=C(/C=C/c1ccc2c(c1)c1ccccc1n2C)/C=C(\C=C\C=C\c1ccc2c(c1)c1ccccc1n2CC)/C=C/c1ccc2c(c1)c1ccccc1n2CC.CC. The van der Waals surface area contributed by atoms with Gasteiger partial charge < -0.3 is 13.7 Å². The lowest BCUT2D eigenvalue weighted by molar-refractivity contribution is 0.827. The Balaban J connectivity index is 0.00000231. The van der Waals surface area contributed by atoms with Gasteiger partial charge in [-0.1, -0.05) is 142 Å². The average molecular weight is 754 g/mol. The van der Waals surface area contributed by atoms with E-state index in [-0.39, 0.29) is 0 Å². The van der Waals surface area contributed by atoms with Crippen LogP contribution < -0.4 is 0 Å². The first-order chi connectivity index (χ1) is 28.5. The molecule has 0 spiro atoms. The van der Waals surface area contributed by atoms with Gasteiger partial charge in [0.05, 0.1) is 0 Å². The molecule has 0 amide bonds. The number of aromatic nitrogens is 3. The minimum Gasteiger partial charge on any atom is -0.344 e. The third kappa shape index (κ3) is 7.16. The van der Waals surface area contributed by atoms with Crippen molar-refractivity contribution in [2.24, 2.45) is 7.05 Å². The number of hydrogen-bond acceptors (Lipinski definition) is 0. The molecule has 0 unspecified atom stereocenters. The van der Waals surface area contributed by atoms with Crippen LogP contribution in [0.3, 0.4) is 0 Å². The minimum absolute atomic E-state index is 0.926. The fraction of sp³-hybridized carbons (Fsp3) is 0.127. The van der Waals surface area contributed by atoms with E-state index in [0.29, 0.717) is 0 Å². The number of fused-ring (bicyclic) bond motifs is 9. The summed E-state index contributed by atoms with van der Waals surface area (Å²) in [5.74, 6) is 0. The molecule has 0 aliphatic carbocycles. The second-order valence-electron chi connectivity index (χ2n) is 14.5. The van der Waals surface area contributed by atoms with Crippen molar-refractivity contribution in [2.45, 2.75) is 40.8 Å². The summed E-state index contributed by atoms with van der Waals surface area (Å²) in [6.45, 7) is 14.8. The molecule has 3 aromatic heterocycles. The first-order valence-electron chi connectivity index (χ1n) is 20.6. The van der Waals surface area contributed by atoms with E-state index in [1.165, 1.54) is 71.0 Å². The van der Waals surface area contributed by atoms with Gasteiger partial charge in [-0.25, -0.2) is 0 Å². The van der Waals surface area contributed by atoms with E-state index < -0.39 is 0 Å². The highest BCUT2D eigenvalue weighted by molar-refractivity contribution is 6.10. The highest BCUT2D eigenvalue weighted by Crippen LogP contribution is 2.32. The monoisotopic (exact) mass is 753 g/mol. The van der Waals surface area contributed by atoms with Gasteiger partial charge in [0.25, 0.3) is 0 Å². The molecule has 0 atom stereocenters. The third-order valence-corrected chi connectivity index (χ3v) is 11.2. The molecule has 0 saturated heterocycles. The zero-order chi connectivity index (χ0) is 40.2. The normalized spacial score (nSPS) is 12.6. The summed E-state index contributed by atoms with van der Waals surface area (Å²) in [6, 6.07) is 46.2. The van der Waals surface area contributed by atoms with E-state index in [2.05, 4.69) is 223 Å². The maximum atomic E-state index is 4.45. The topological polar surface area (TPSA) is 14.8 Å². The van der Waals surface area contributed by atoms with Gasteiger partial charge in [-0.2, -0.15) is 0 Å².